The molecule has 3 aromatic carbocycles. The number of para-hydroxylation sites is 1. The van der Waals surface area contributed by atoms with E-state index in [1.165, 1.54) is 0 Å². The summed E-state index contributed by atoms with van der Waals surface area (Å²) in [5.41, 5.74) is 5.73. The molecule has 0 amide bonds. The van der Waals surface area contributed by atoms with Gasteiger partial charge >= 0.3 is 0 Å². The number of nitrogens with zero attached hydrogens (tertiary/aromatic N) is 2. The molecule has 5 nitrogen and oxygen atoms in total. The molecule has 1 aromatic heterocycles. The van der Waals surface area contributed by atoms with E-state index in [0.717, 1.165) is 26.5 Å². The Kier molecular flexibility index (Phi) is 5.93. The second kappa shape index (κ2) is 8.94. The Hall–Kier alpha value is -3.09. The van der Waals surface area contributed by atoms with Crippen LogP contribution in [-0.2, 0) is 6.61 Å². The molecule has 1 heterocycles. The number of rotatable bonds is 7. The van der Waals surface area contributed by atoms with E-state index in [9.17, 15) is 0 Å². The quantitative estimate of drug-likeness (QED) is 0.293. The van der Waals surface area contributed by atoms with Crippen LogP contribution in [0.25, 0.3) is 10.2 Å². The number of nitrogens with one attached hydrogen (secondary N) is 1. The average molecular weight is 424 g/mol. The highest BCUT2D eigenvalue weighted by Crippen LogP contribution is 2.29. The lowest BCUT2D eigenvalue weighted by Gasteiger charge is -2.12. The van der Waals surface area contributed by atoms with Gasteiger partial charge in [-0.15, -0.1) is 0 Å². The van der Waals surface area contributed by atoms with E-state index in [1.807, 2.05) is 66.7 Å². The topological polar surface area (TPSA) is 55.7 Å². The Morgan fingerprint density at radius 2 is 1.90 bits per heavy atom. The van der Waals surface area contributed by atoms with Gasteiger partial charge in [0.25, 0.3) is 0 Å². The highest BCUT2D eigenvalue weighted by atomic mass is 35.5. The van der Waals surface area contributed by atoms with Gasteiger partial charge in [0.05, 0.1) is 23.5 Å². The van der Waals surface area contributed by atoms with E-state index in [-0.39, 0.29) is 0 Å². The Labute approximate surface area is 177 Å². The van der Waals surface area contributed by atoms with Crippen molar-refractivity contribution in [3.05, 3.63) is 82.9 Å². The highest BCUT2D eigenvalue weighted by Gasteiger charge is 2.07. The summed E-state index contributed by atoms with van der Waals surface area (Å²) in [6.07, 6.45) is 1.71. The van der Waals surface area contributed by atoms with Gasteiger partial charge in [-0.1, -0.05) is 53.3 Å². The minimum Gasteiger partial charge on any atom is -0.493 e. The Balaban J connectivity index is 1.43. The number of benzene rings is 3. The molecule has 0 unspecified atom stereocenters. The molecule has 0 aliphatic heterocycles. The van der Waals surface area contributed by atoms with E-state index in [4.69, 9.17) is 21.1 Å². The monoisotopic (exact) mass is 423 g/mol. The minimum absolute atomic E-state index is 0.364. The summed E-state index contributed by atoms with van der Waals surface area (Å²) in [6.45, 7) is 0.364. The van der Waals surface area contributed by atoms with Crippen LogP contribution in [-0.4, -0.2) is 18.3 Å². The largest absolute Gasteiger partial charge is 0.493 e. The van der Waals surface area contributed by atoms with Gasteiger partial charge in [0, 0.05) is 10.6 Å². The van der Waals surface area contributed by atoms with Crippen molar-refractivity contribution in [2.24, 2.45) is 5.10 Å². The van der Waals surface area contributed by atoms with Gasteiger partial charge in [-0.2, -0.15) is 5.10 Å². The zero-order valence-corrected chi connectivity index (χ0v) is 17.2. The standard InChI is InChI=1S/C22H18ClN3O2S/c1-27-20-12-15(10-11-19(20)28-14-16-6-2-3-7-17(16)23)13-24-26-22-25-18-8-4-5-9-21(18)29-22/h2-13H,14H2,1H3,(H,25,26)/b24-13-. The predicted octanol–water partition coefficient (Wildman–Crippen LogP) is 5.98. The number of thiazole rings is 1. The summed E-state index contributed by atoms with van der Waals surface area (Å²) in [5.74, 6) is 1.27. The Bertz CT molecular complexity index is 1130. The van der Waals surface area contributed by atoms with Crippen LogP contribution in [0.3, 0.4) is 0 Å². The van der Waals surface area contributed by atoms with Crippen molar-refractivity contribution >= 4 is 44.5 Å². The summed E-state index contributed by atoms with van der Waals surface area (Å²) in [7, 11) is 1.61. The number of ether oxygens (including phenoxy) is 2. The molecule has 0 saturated heterocycles. The third-order valence-electron chi connectivity index (χ3n) is 4.20. The molecule has 0 aliphatic rings. The zero-order chi connectivity index (χ0) is 20.1. The SMILES string of the molecule is COc1cc(/C=N\Nc2nc3ccccc3s2)ccc1OCc1ccccc1Cl. The van der Waals surface area contributed by atoms with E-state index < -0.39 is 0 Å². The Morgan fingerprint density at radius 3 is 2.72 bits per heavy atom. The molecular weight excluding hydrogens is 406 g/mol. The van der Waals surface area contributed by atoms with Crippen molar-refractivity contribution in [1.82, 2.24) is 4.98 Å². The summed E-state index contributed by atoms with van der Waals surface area (Å²) in [6, 6.07) is 21.2. The number of aromatic nitrogens is 1. The lowest BCUT2D eigenvalue weighted by Crippen LogP contribution is -1.99. The van der Waals surface area contributed by atoms with Crippen LogP contribution in [0.15, 0.2) is 71.8 Å². The maximum Gasteiger partial charge on any atom is 0.204 e. The number of methoxy groups -OCH3 is 1. The van der Waals surface area contributed by atoms with E-state index in [0.29, 0.717) is 23.1 Å². The number of hydrogen-bond acceptors (Lipinski definition) is 6. The fourth-order valence-electron chi connectivity index (χ4n) is 2.74. The lowest BCUT2D eigenvalue weighted by atomic mass is 10.2. The summed E-state index contributed by atoms with van der Waals surface area (Å²) < 4.78 is 12.5. The Morgan fingerprint density at radius 1 is 1.07 bits per heavy atom. The molecule has 0 bridgehead atoms. The van der Waals surface area contributed by atoms with Gasteiger partial charge in [0.15, 0.2) is 11.5 Å². The van der Waals surface area contributed by atoms with Crippen molar-refractivity contribution in [2.45, 2.75) is 6.61 Å². The summed E-state index contributed by atoms with van der Waals surface area (Å²) >= 11 is 7.74. The van der Waals surface area contributed by atoms with Crippen LogP contribution in [0.2, 0.25) is 5.02 Å². The molecule has 0 fully saturated rings. The number of anilines is 1. The molecule has 0 saturated carbocycles. The lowest BCUT2D eigenvalue weighted by molar-refractivity contribution is 0.284. The number of fused-ring (bicyclic) bond motifs is 1. The van der Waals surface area contributed by atoms with Gasteiger partial charge in [0.2, 0.25) is 5.13 Å². The normalized spacial score (nSPS) is 11.1. The summed E-state index contributed by atoms with van der Waals surface area (Å²) in [4.78, 5) is 4.49. The maximum absolute atomic E-state index is 6.18. The van der Waals surface area contributed by atoms with Crippen molar-refractivity contribution in [2.75, 3.05) is 12.5 Å². The number of hydrazone groups is 1. The molecule has 7 heteroatoms. The molecule has 0 aliphatic carbocycles. The molecule has 29 heavy (non-hydrogen) atoms. The molecule has 0 atom stereocenters. The van der Waals surface area contributed by atoms with E-state index in [2.05, 4.69) is 15.5 Å². The number of hydrogen-bond donors (Lipinski definition) is 1. The van der Waals surface area contributed by atoms with Gasteiger partial charge in [-0.3, -0.25) is 5.43 Å². The fourth-order valence-corrected chi connectivity index (χ4v) is 3.74. The van der Waals surface area contributed by atoms with Crippen molar-refractivity contribution < 1.29 is 9.47 Å². The zero-order valence-electron chi connectivity index (χ0n) is 15.6. The van der Waals surface area contributed by atoms with Crippen LogP contribution in [0.4, 0.5) is 5.13 Å². The van der Waals surface area contributed by atoms with Crippen LogP contribution >= 0.6 is 22.9 Å². The highest BCUT2D eigenvalue weighted by molar-refractivity contribution is 7.22. The molecular formula is C22H18ClN3O2S. The second-order valence-corrected chi connectivity index (χ2v) is 7.58. The van der Waals surface area contributed by atoms with Crippen molar-refractivity contribution in [3.8, 4) is 11.5 Å². The minimum atomic E-state index is 0.364. The smallest absolute Gasteiger partial charge is 0.204 e. The predicted molar refractivity (Wildman–Crippen MR) is 120 cm³/mol. The van der Waals surface area contributed by atoms with E-state index >= 15 is 0 Å². The molecule has 1 N–H and O–H groups in total. The first-order valence-electron chi connectivity index (χ1n) is 8.92. The first-order chi connectivity index (χ1) is 14.2. The van der Waals surface area contributed by atoms with Crippen LogP contribution < -0.4 is 14.9 Å². The maximum atomic E-state index is 6.18. The molecule has 146 valence electrons. The number of halogens is 1. The van der Waals surface area contributed by atoms with Gasteiger partial charge in [0.1, 0.15) is 6.61 Å². The second-order valence-electron chi connectivity index (χ2n) is 6.15. The van der Waals surface area contributed by atoms with Crippen molar-refractivity contribution in [3.63, 3.8) is 0 Å². The molecule has 0 spiro atoms. The van der Waals surface area contributed by atoms with Crippen LogP contribution in [0.5, 0.6) is 11.5 Å². The third-order valence-corrected chi connectivity index (χ3v) is 5.51. The van der Waals surface area contributed by atoms with E-state index in [1.54, 1.807) is 24.7 Å². The molecule has 0 radical (unpaired) electrons. The van der Waals surface area contributed by atoms with Gasteiger partial charge in [-0.05, 0) is 42.0 Å². The molecule has 4 rings (SSSR count). The first-order valence-corrected chi connectivity index (χ1v) is 10.1. The van der Waals surface area contributed by atoms with Gasteiger partial charge in [-0.25, -0.2) is 4.98 Å². The average Bonchev–Trinajstić information content (AvgIpc) is 3.16. The van der Waals surface area contributed by atoms with Crippen LogP contribution in [0.1, 0.15) is 11.1 Å². The van der Waals surface area contributed by atoms with Crippen molar-refractivity contribution in [1.29, 1.82) is 0 Å². The van der Waals surface area contributed by atoms with Gasteiger partial charge < -0.3 is 9.47 Å². The third kappa shape index (κ3) is 4.67. The first kappa shape index (κ1) is 19.2. The summed E-state index contributed by atoms with van der Waals surface area (Å²) in [5, 5.41) is 5.70. The van der Waals surface area contributed by atoms with Crippen LogP contribution in [0, 0.1) is 0 Å². The molecule has 4 aromatic rings. The fraction of sp³-hybridized carbons (Fsp3) is 0.0909.